The van der Waals surface area contributed by atoms with Gasteiger partial charge in [-0.05, 0) is 48.4 Å². The number of rotatable bonds is 5. The van der Waals surface area contributed by atoms with Gasteiger partial charge in [0.15, 0.2) is 0 Å². The predicted molar refractivity (Wildman–Crippen MR) is 85.0 cm³/mol. The number of halogens is 1. The van der Waals surface area contributed by atoms with E-state index < -0.39 is 5.97 Å². The van der Waals surface area contributed by atoms with E-state index in [1.807, 2.05) is 37.4 Å². The second kappa shape index (κ2) is 6.45. The van der Waals surface area contributed by atoms with Crippen molar-refractivity contribution in [3.63, 3.8) is 0 Å². The van der Waals surface area contributed by atoms with Crippen molar-refractivity contribution >= 4 is 44.9 Å². The van der Waals surface area contributed by atoms with Crippen molar-refractivity contribution in [2.24, 2.45) is 0 Å². The third-order valence-corrected chi connectivity index (χ3v) is 4.45. The van der Waals surface area contributed by atoms with Crippen LogP contribution in [0.2, 0.25) is 5.02 Å². The summed E-state index contributed by atoms with van der Waals surface area (Å²) in [5.74, 6) is -1.19. The molecule has 1 heterocycles. The number of carboxylic acid groups (broad SMARTS) is 1. The van der Waals surface area contributed by atoms with Crippen LogP contribution in [0.25, 0.3) is 10.1 Å². The quantitative estimate of drug-likeness (QED) is 0.916. The Bertz CT molecular complexity index is 681. The smallest absolute Gasteiger partial charge is 0.323 e. The maximum Gasteiger partial charge on any atom is 0.323 e. The number of carbonyl (C=O) groups is 2. The number of carbonyl (C=O) groups excluding carboxylic acids is 1. The van der Waals surface area contributed by atoms with Crippen LogP contribution in [0.5, 0.6) is 0 Å². The molecule has 0 aliphatic heterocycles. The zero-order valence-corrected chi connectivity index (χ0v) is 13.4. The highest BCUT2D eigenvalue weighted by Crippen LogP contribution is 2.29. The zero-order chi connectivity index (χ0) is 15.6. The summed E-state index contributed by atoms with van der Waals surface area (Å²) < 4.78 is 1.07. The van der Waals surface area contributed by atoms with Crippen molar-refractivity contribution in [3.05, 3.63) is 34.2 Å². The van der Waals surface area contributed by atoms with E-state index in [0.717, 1.165) is 15.6 Å². The lowest BCUT2D eigenvalue weighted by molar-refractivity contribution is -0.145. The number of hydrogen-bond acceptors (Lipinski definition) is 3. The molecule has 1 aromatic carbocycles. The number of amides is 1. The van der Waals surface area contributed by atoms with Gasteiger partial charge in [0.05, 0.1) is 6.42 Å². The highest BCUT2D eigenvalue weighted by Gasteiger charge is 2.21. The molecule has 0 atom stereocenters. The van der Waals surface area contributed by atoms with E-state index in [4.69, 9.17) is 16.7 Å². The van der Waals surface area contributed by atoms with E-state index in [1.54, 1.807) is 11.3 Å². The number of fused-ring (bicyclic) bond motifs is 1. The molecule has 1 aromatic heterocycles. The molecule has 1 N–H and O–H groups in total. The molecule has 0 aliphatic rings. The Morgan fingerprint density at radius 3 is 2.71 bits per heavy atom. The molecule has 0 radical (unpaired) electrons. The van der Waals surface area contributed by atoms with Gasteiger partial charge < -0.3 is 10.0 Å². The molecule has 112 valence electrons. The normalized spacial score (nSPS) is 11.0. The van der Waals surface area contributed by atoms with Crippen LogP contribution in [0.4, 0.5) is 0 Å². The second-order valence-corrected chi connectivity index (χ2v) is 6.43. The largest absolute Gasteiger partial charge is 0.480 e. The molecule has 1 amide bonds. The Hall–Kier alpha value is -1.59. The van der Waals surface area contributed by atoms with Crippen LogP contribution in [0.15, 0.2) is 23.6 Å². The third kappa shape index (κ3) is 3.74. The summed E-state index contributed by atoms with van der Waals surface area (Å²) in [7, 11) is 0. The summed E-state index contributed by atoms with van der Waals surface area (Å²) in [6, 6.07) is 5.43. The van der Waals surface area contributed by atoms with Gasteiger partial charge in [-0.25, -0.2) is 0 Å². The van der Waals surface area contributed by atoms with Gasteiger partial charge in [-0.3, -0.25) is 9.59 Å². The first-order chi connectivity index (χ1) is 9.88. The van der Waals surface area contributed by atoms with E-state index >= 15 is 0 Å². The van der Waals surface area contributed by atoms with Crippen LogP contribution in [0.1, 0.15) is 19.4 Å². The number of nitrogens with zero attached hydrogens (tertiary/aromatic N) is 1. The maximum absolute atomic E-state index is 12.4. The molecule has 21 heavy (non-hydrogen) atoms. The molecule has 0 bridgehead atoms. The molecule has 0 unspecified atom stereocenters. The molecule has 0 aliphatic carbocycles. The van der Waals surface area contributed by atoms with Gasteiger partial charge >= 0.3 is 5.97 Å². The van der Waals surface area contributed by atoms with Crippen molar-refractivity contribution in [2.45, 2.75) is 26.3 Å². The Morgan fingerprint density at radius 2 is 2.10 bits per heavy atom. The van der Waals surface area contributed by atoms with Crippen LogP contribution in [0.3, 0.4) is 0 Å². The van der Waals surface area contributed by atoms with Crippen molar-refractivity contribution in [1.82, 2.24) is 4.90 Å². The molecule has 6 heteroatoms. The van der Waals surface area contributed by atoms with Gasteiger partial charge in [-0.15, -0.1) is 11.3 Å². The van der Waals surface area contributed by atoms with Crippen LogP contribution in [0, 0.1) is 0 Å². The molecule has 0 fully saturated rings. The number of hydrogen-bond donors (Lipinski definition) is 1. The first-order valence-corrected chi connectivity index (χ1v) is 7.81. The fraction of sp³-hybridized carbons (Fsp3) is 0.333. The molecule has 4 nitrogen and oxygen atoms in total. The van der Waals surface area contributed by atoms with Crippen molar-refractivity contribution in [2.75, 3.05) is 6.54 Å². The van der Waals surface area contributed by atoms with Gasteiger partial charge in [0.25, 0.3) is 0 Å². The van der Waals surface area contributed by atoms with Crippen LogP contribution >= 0.6 is 22.9 Å². The fourth-order valence-electron chi connectivity index (χ4n) is 2.16. The number of benzene rings is 1. The molecule has 0 saturated heterocycles. The molecule has 0 spiro atoms. The van der Waals surface area contributed by atoms with E-state index in [-0.39, 0.29) is 24.9 Å². The minimum Gasteiger partial charge on any atom is -0.480 e. The molecular weight excluding hydrogens is 310 g/mol. The highest BCUT2D eigenvalue weighted by atomic mass is 35.5. The monoisotopic (exact) mass is 325 g/mol. The van der Waals surface area contributed by atoms with Gasteiger partial charge in [0, 0.05) is 15.8 Å². The number of carboxylic acids is 1. The summed E-state index contributed by atoms with van der Waals surface area (Å²) in [5, 5.41) is 12.4. The summed E-state index contributed by atoms with van der Waals surface area (Å²) in [6.45, 7) is 3.34. The van der Waals surface area contributed by atoms with E-state index in [9.17, 15) is 9.59 Å². The van der Waals surface area contributed by atoms with Gasteiger partial charge in [-0.1, -0.05) is 11.6 Å². The summed E-state index contributed by atoms with van der Waals surface area (Å²) in [5.41, 5.74) is 0.888. The minimum atomic E-state index is -1.00. The summed E-state index contributed by atoms with van der Waals surface area (Å²) in [4.78, 5) is 24.6. The lowest BCUT2D eigenvalue weighted by Gasteiger charge is -2.24. The summed E-state index contributed by atoms with van der Waals surface area (Å²) >= 11 is 7.55. The topological polar surface area (TPSA) is 57.6 Å². The first-order valence-electron chi connectivity index (χ1n) is 6.55. The SMILES string of the molecule is CC(C)N(CC(=O)O)C(=O)Cc1csc2ccc(Cl)cc12. The number of thiophene rings is 1. The second-order valence-electron chi connectivity index (χ2n) is 5.09. The third-order valence-electron chi connectivity index (χ3n) is 3.21. The van der Waals surface area contributed by atoms with Gasteiger partial charge in [0.2, 0.25) is 5.91 Å². The fourth-order valence-corrected chi connectivity index (χ4v) is 3.28. The Morgan fingerprint density at radius 1 is 1.38 bits per heavy atom. The minimum absolute atomic E-state index is 0.151. The van der Waals surface area contributed by atoms with E-state index in [2.05, 4.69) is 0 Å². The Balaban J connectivity index is 2.24. The van der Waals surface area contributed by atoms with Gasteiger partial charge in [-0.2, -0.15) is 0 Å². The van der Waals surface area contributed by atoms with Crippen LogP contribution in [-0.2, 0) is 16.0 Å². The standard InChI is InChI=1S/C15H16ClNO3S/c1-9(2)17(7-15(19)20)14(18)5-10-8-21-13-4-3-11(16)6-12(10)13/h3-4,6,8-9H,5,7H2,1-2H3,(H,19,20). The van der Waals surface area contributed by atoms with Crippen molar-refractivity contribution < 1.29 is 14.7 Å². The lowest BCUT2D eigenvalue weighted by Crippen LogP contribution is -2.41. The van der Waals surface area contributed by atoms with Crippen LogP contribution in [-0.4, -0.2) is 34.5 Å². The molecule has 0 saturated carbocycles. The molecular formula is C15H16ClNO3S. The molecule has 2 rings (SSSR count). The predicted octanol–water partition coefficient (Wildman–Crippen LogP) is 3.42. The van der Waals surface area contributed by atoms with Gasteiger partial charge in [0.1, 0.15) is 6.54 Å². The Kier molecular flexibility index (Phi) is 4.85. The summed E-state index contributed by atoms with van der Waals surface area (Å²) in [6.07, 6.45) is 0.186. The number of aliphatic carboxylic acids is 1. The van der Waals surface area contributed by atoms with E-state index in [1.165, 1.54) is 4.90 Å². The maximum atomic E-state index is 12.4. The highest BCUT2D eigenvalue weighted by molar-refractivity contribution is 7.17. The Labute approximate surface area is 131 Å². The first kappa shape index (κ1) is 15.8. The van der Waals surface area contributed by atoms with Crippen LogP contribution < -0.4 is 0 Å². The van der Waals surface area contributed by atoms with E-state index in [0.29, 0.717) is 5.02 Å². The van der Waals surface area contributed by atoms with Crippen molar-refractivity contribution in [3.8, 4) is 0 Å². The average molecular weight is 326 g/mol. The lowest BCUT2D eigenvalue weighted by atomic mass is 10.1. The molecule has 2 aromatic rings. The van der Waals surface area contributed by atoms with Crippen molar-refractivity contribution in [1.29, 1.82) is 0 Å². The average Bonchev–Trinajstić information content (AvgIpc) is 2.78. The zero-order valence-electron chi connectivity index (χ0n) is 11.8.